The van der Waals surface area contributed by atoms with Gasteiger partial charge in [0.15, 0.2) is 15.8 Å². The van der Waals surface area contributed by atoms with Gasteiger partial charge < -0.3 is 11.1 Å². The minimum absolute atomic E-state index is 0. The fourth-order valence-corrected chi connectivity index (χ4v) is 1.69. The van der Waals surface area contributed by atoms with E-state index in [0.717, 1.165) is 6.54 Å². The second kappa shape index (κ2) is 6.93. The molecule has 18 heavy (non-hydrogen) atoms. The van der Waals surface area contributed by atoms with Gasteiger partial charge in [-0.2, -0.15) is 0 Å². The molecule has 0 radical (unpaired) electrons. The zero-order valence-corrected chi connectivity index (χ0v) is 14.4. The average Bonchev–Trinajstić information content (AvgIpc) is 2.10. The summed E-state index contributed by atoms with van der Waals surface area (Å²) in [6.45, 7) is 4.35. The standard InChI is InChI=1S/C11H23N3O2S.HI/c1-11(2,17(3,15)16)8-14-10(12)13-7-9-5-4-6-9;/h9H,4-8H2,1-3H3,(H3,12,13,14);1H. The fourth-order valence-electron chi connectivity index (χ4n) is 1.39. The van der Waals surface area contributed by atoms with Crippen molar-refractivity contribution in [3.8, 4) is 0 Å². The Hall–Kier alpha value is -0.0500. The molecule has 0 unspecified atom stereocenters. The quantitative estimate of drug-likeness (QED) is 0.420. The number of halogens is 1. The van der Waals surface area contributed by atoms with Crippen molar-refractivity contribution in [2.75, 3.05) is 19.3 Å². The van der Waals surface area contributed by atoms with Gasteiger partial charge in [0, 0.05) is 12.8 Å². The summed E-state index contributed by atoms with van der Waals surface area (Å²) in [5, 5.41) is 3.04. The molecular formula is C11H24IN3O2S. The summed E-state index contributed by atoms with van der Waals surface area (Å²) < 4.78 is 22.0. The summed E-state index contributed by atoms with van der Waals surface area (Å²) in [4.78, 5) is 4.10. The van der Waals surface area contributed by atoms with Gasteiger partial charge in [-0.15, -0.1) is 24.0 Å². The Labute approximate surface area is 127 Å². The molecular weight excluding hydrogens is 365 g/mol. The molecule has 0 saturated heterocycles. The van der Waals surface area contributed by atoms with E-state index in [2.05, 4.69) is 10.3 Å². The Morgan fingerprint density at radius 1 is 1.44 bits per heavy atom. The van der Waals surface area contributed by atoms with Crippen LogP contribution in [0.3, 0.4) is 0 Å². The van der Waals surface area contributed by atoms with E-state index in [0.29, 0.717) is 11.9 Å². The summed E-state index contributed by atoms with van der Waals surface area (Å²) in [5.74, 6) is 1.04. The minimum Gasteiger partial charge on any atom is -0.370 e. The van der Waals surface area contributed by atoms with Gasteiger partial charge in [0.25, 0.3) is 0 Å². The highest BCUT2D eigenvalue weighted by molar-refractivity contribution is 14.0. The molecule has 1 aliphatic carbocycles. The minimum atomic E-state index is -3.11. The monoisotopic (exact) mass is 389 g/mol. The van der Waals surface area contributed by atoms with Crippen molar-refractivity contribution in [2.24, 2.45) is 16.6 Å². The number of guanidine groups is 1. The van der Waals surface area contributed by atoms with Crippen LogP contribution in [-0.4, -0.2) is 38.5 Å². The summed E-state index contributed by atoms with van der Waals surface area (Å²) >= 11 is 0. The zero-order valence-electron chi connectivity index (χ0n) is 11.3. The van der Waals surface area contributed by atoms with Gasteiger partial charge in [-0.05, 0) is 32.6 Å². The van der Waals surface area contributed by atoms with E-state index in [9.17, 15) is 8.42 Å². The lowest BCUT2D eigenvalue weighted by molar-refractivity contribution is 0.315. The predicted molar refractivity (Wildman–Crippen MR) is 86.2 cm³/mol. The molecule has 7 heteroatoms. The van der Waals surface area contributed by atoms with Crippen LogP contribution in [-0.2, 0) is 9.84 Å². The molecule has 0 spiro atoms. The van der Waals surface area contributed by atoms with Crippen LogP contribution in [0.15, 0.2) is 4.99 Å². The Morgan fingerprint density at radius 2 is 2.00 bits per heavy atom. The first-order valence-corrected chi connectivity index (χ1v) is 7.85. The summed E-state index contributed by atoms with van der Waals surface area (Å²) in [6.07, 6.45) is 5.01. The maximum absolute atomic E-state index is 11.5. The van der Waals surface area contributed by atoms with Crippen LogP contribution in [0.4, 0.5) is 0 Å². The van der Waals surface area contributed by atoms with Crippen LogP contribution >= 0.6 is 24.0 Å². The van der Waals surface area contributed by atoms with E-state index in [-0.39, 0.29) is 30.5 Å². The number of sulfone groups is 1. The molecule has 1 fully saturated rings. The van der Waals surface area contributed by atoms with Gasteiger partial charge in [-0.3, -0.25) is 4.99 Å². The predicted octanol–water partition coefficient (Wildman–Crippen LogP) is 1.13. The van der Waals surface area contributed by atoms with Gasteiger partial charge in [-0.1, -0.05) is 6.42 Å². The molecule has 0 atom stereocenters. The average molecular weight is 389 g/mol. The molecule has 0 heterocycles. The lowest BCUT2D eigenvalue weighted by Gasteiger charge is -2.26. The number of hydrogen-bond acceptors (Lipinski definition) is 3. The van der Waals surface area contributed by atoms with E-state index in [1.807, 2.05) is 0 Å². The van der Waals surface area contributed by atoms with Crippen molar-refractivity contribution in [3.63, 3.8) is 0 Å². The van der Waals surface area contributed by atoms with Crippen LogP contribution in [0.25, 0.3) is 0 Å². The number of nitrogens with two attached hydrogens (primary N) is 1. The first-order chi connectivity index (χ1) is 7.72. The van der Waals surface area contributed by atoms with Gasteiger partial charge in [0.05, 0.1) is 11.3 Å². The van der Waals surface area contributed by atoms with Crippen LogP contribution in [0.5, 0.6) is 0 Å². The number of nitrogens with zero attached hydrogens (tertiary/aromatic N) is 1. The van der Waals surface area contributed by atoms with Gasteiger partial charge in [0.2, 0.25) is 0 Å². The third-order valence-corrected chi connectivity index (χ3v) is 5.57. The largest absolute Gasteiger partial charge is 0.370 e. The lowest BCUT2D eigenvalue weighted by Crippen LogP contribution is -2.40. The molecule has 108 valence electrons. The second-order valence-corrected chi connectivity index (χ2v) is 8.06. The number of aliphatic imine (C=N–C) groups is 1. The van der Waals surface area contributed by atoms with Crippen molar-refractivity contribution in [3.05, 3.63) is 0 Å². The highest BCUT2D eigenvalue weighted by atomic mass is 127. The molecule has 1 rings (SSSR count). The third-order valence-electron chi connectivity index (χ3n) is 3.43. The van der Waals surface area contributed by atoms with Crippen LogP contribution in [0, 0.1) is 5.92 Å². The highest BCUT2D eigenvalue weighted by Crippen LogP contribution is 2.25. The molecule has 0 aliphatic heterocycles. The van der Waals surface area contributed by atoms with Crippen molar-refractivity contribution < 1.29 is 8.42 Å². The van der Waals surface area contributed by atoms with E-state index >= 15 is 0 Å². The van der Waals surface area contributed by atoms with Gasteiger partial charge in [0.1, 0.15) is 0 Å². The molecule has 0 aromatic carbocycles. The second-order valence-electron chi connectivity index (χ2n) is 5.41. The molecule has 0 aromatic heterocycles. The van der Waals surface area contributed by atoms with E-state index in [1.54, 1.807) is 13.8 Å². The van der Waals surface area contributed by atoms with Crippen molar-refractivity contribution in [2.45, 2.75) is 37.9 Å². The van der Waals surface area contributed by atoms with Crippen LogP contribution < -0.4 is 11.1 Å². The maximum Gasteiger partial charge on any atom is 0.188 e. The van der Waals surface area contributed by atoms with Crippen LogP contribution in [0.2, 0.25) is 0 Å². The van der Waals surface area contributed by atoms with E-state index in [1.165, 1.54) is 25.5 Å². The third kappa shape index (κ3) is 5.29. The number of hydrogen-bond donors (Lipinski definition) is 2. The number of rotatable bonds is 5. The molecule has 0 aromatic rings. The SMILES string of the molecule is CC(C)(CN=C(N)NCC1CCC1)S(C)(=O)=O.I. The smallest absolute Gasteiger partial charge is 0.188 e. The first kappa shape index (κ1) is 17.9. The summed E-state index contributed by atoms with van der Waals surface area (Å²) in [5.41, 5.74) is 5.70. The van der Waals surface area contributed by atoms with Crippen LogP contribution in [0.1, 0.15) is 33.1 Å². The Balaban J connectivity index is 0.00000289. The van der Waals surface area contributed by atoms with E-state index in [4.69, 9.17) is 5.73 Å². The fraction of sp³-hybridized carbons (Fsp3) is 0.909. The van der Waals surface area contributed by atoms with Crippen molar-refractivity contribution in [1.29, 1.82) is 0 Å². The Bertz CT molecular complexity index is 389. The van der Waals surface area contributed by atoms with Crippen molar-refractivity contribution >= 4 is 39.8 Å². The molecule has 3 N–H and O–H groups in total. The van der Waals surface area contributed by atoms with Gasteiger partial charge >= 0.3 is 0 Å². The Morgan fingerprint density at radius 3 is 2.39 bits per heavy atom. The van der Waals surface area contributed by atoms with Gasteiger partial charge in [-0.25, -0.2) is 8.42 Å². The normalized spacial score (nSPS) is 17.8. The van der Waals surface area contributed by atoms with Crippen molar-refractivity contribution in [1.82, 2.24) is 5.32 Å². The maximum atomic E-state index is 11.5. The zero-order chi connectivity index (χ0) is 13.1. The molecule has 0 bridgehead atoms. The summed E-state index contributed by atoms with van der Waals surface area (Å²) in [7, 11) is -3.11. The first-order valence-electron chi connectivity index (χ1n) is 5.96. The van der Waals surface area contributed by atoms with E-state index < -0.39 is 14.6 Å². The topological polar surface area (TPSA) is 84.5 Å². The molecule has 1 saturated carbocycles. The lowest BCUT2D eigenvalue weighted by atomic mass is 9.85. The number of nitrogens with one attached hydrogen (secondary N) is 1. The Kier molecular flexibility index (Phi) is 6.91. The molecule has 1 aliphatic rings. The molecule has 0 amide bonds. The molecule has 5 nitrogen and oxygen atoms in total. The highest BCUT2D eigenvalue weighted by Gasteiger charge is 2.29. The summed E-state index contributed by atoms with van der Waals surface area (Å²) in [6, 6.07) is 0.